The highest BCUT2D eigenvalue weighted by Crippen LogP contribution is 2.44. The van der Waals surface area contributed by atoms with E-state index in [2.05, 4.69) is 6.58 Å². The van der Waals surface area contributed by atoms with E-state index in [1.165, 1.54) is 16.7 Å². The van der Waals surface area contributed by atoms with Gasteiger partial charge < -0.3 is 19.8 Å². The van der Waals surface area contributed by atoms with Crippen molar-refractivity contribution in [1.82, 2.24) is 4.57 Å². The van der Waals surface area contributed by atoms with Crippen molar-refractivity contribution >= 4 is 28.4 Å². The summed E-state index contributed by atoms with van der Waals surface area (Å²) in [6.45, 7) is 9.21. The van der Waals surface area contributed by atoms with Crippen molar-refractivity contribution in [1.29, 1.82) is 0 Å². The fraction of sp³-hybridized carbons (Fsp3) is 0.200. The molecule has 8 nitrogen and oxygen atoms in total. The summed E-state index contributed by atoms with van der Waals surface area (Å²) in [5, 5.41) is 0.709. The second kappa shape index (κ2) is 9.30. The number of hydrogen-bond donors (Lipinski definition) is 1. The van der Waals surface area contributed by atoms with Crippen LogP contribution in [0.15, 0.2) is 88.8 Å². The molecular formula is C30H26N2O6. The van der Waals surface area contributed by atoms with E-state index in [-0.39, 0.29) is 46.0 Å². The number of pyridine rings is 1. The molecule has 2 aromatic carbocycles. The molecule has 0 amide bonds. The number of nitrogens with zero attached hydrogens (tertiary/aromatic N) is 1. The van der Waals surface area contributed by atoms with Gasteiger partial charge in [-0.25, -0.2) is 4.79 Å². The van der Waals surface area contributed by atoms with Gasteiger partial charge in [0.2, 0.25) is 11.7 Å². The lowest BCUT2D eigenvalue weighted by atomic mass is 9.75. The number of hydrogen-bond acceptors (Lipinski definition) is 7. The van der Waals surface area contributed by atoms with E-state index in [1.54, 1.807) is 38.1 Å². The number of carbonyl (C=O) groups is 3. The molecule has 0 saturated carbocycles. The molecule has 38 heavy (non-hydrogen) atoms. The number of carbonyl (C=O) groups excluding carboxylic acids is 3. The summed E-state index contributed by atoms with van der Waals surface area (Å²) in [5.41, 5.74) is 7.48. The minimum absolute atomic E-state index is 0.0972. The van der Waals surface area contributed by atoms with Crippen molar-refractivity contribution in [3.8, 4) is 0 Å². The van der Waals surface area contributed by atoms with Crippen LogP contribution in [0.2, 0.25) is 0 Å². The van der Waals surface area contributed by atoms with Crippen LogP contribution in [0.4, 0.5) is 0 Å². The van der Waals surface area contributed by atoms with E-state index in [0.29, 0.717) is 10.9 Å². The molecule has 5 rings (SSSR count). The number of ketones is 2. The van der Waals surface area contributed by atoms with Crippen molar-refractivity contribution in [2.75, 3.05) is 0 Å². The molecule has 2 heterocycles. The highest BCUT2D eigenvalue weighted by Gasteiger charge is 2.47. The van der Waals surface area contributed by atoms with E-state index in [0.717, 1.165) is 5.56 Å². The van der Waals surface area contributed by atoms with Gasteiger partial charge in [-0.2, -0.15) is 0 Å². The lowest BCUT2D eigenvalue weighted by Gasteiger charge is -2.32. The van der Waals surface area contributed by atoms with Crippen LogP contribution in [0, 0.1) is 6.92 Å². The molecule has 1 unspecified atom stereocenters. The number of rotatable bonds is 5. The van der Waals surface area contributed by atoms with Gasteiger partial charge in [0, 0.05) is 23.2 Å². The lowest BCUT2D eigenvalue weighted by molar-refractivity contribution is -0.143. The first-order chi connectivity index (χ1) is 18.1. The Kier molecular flexibility index (Phi) is 6.11. The number of aromatic nitrogens is 1. The molecule has 0 saturated heterocycles. The summed E-state index contributed by atoms with van der Waals surface area (Å²) >= 11 is 0. The van der Waals surface area contributed by atoms with Gasteiger partial charge in [0.25, 0.3) is 5.56 Å². The van der Waals surface area contributed by atoms with Crippen LogP contribution in [0.3, 0.4) is 0 Å². The van der Waals surface area contributed by atoms with Crippen LogP contribution in [-0.2, 0) is 20.8 Å². The van der Waals surface area contributed by atoms with Crippen molar-refractivity contribution in [2.24, 2.45) is 5.73 Å². The average molecular weight is 511 g/mol. The van der Waals surface area contributed by atoms with Gasteiger partial charge in [-0.3, -0.25) is 14.4 Å². The first-order valence-electron chi connectivity index (χ1n) is 12.2. The number of ether oxygens (including phenoxy) is 2. The summed E-state index contributed by atoms with van der Waals surface area (Å²) in [6, 6.07) is 13.6. The normalized spacial score (nSPS) is 16.9. The first-order valence-corrected chi connectivity index (χ1v) is 12.2. The van der Waals surface area contributed by atoms with Crippen LogP contribution in [-0.4, -0.2) is 28.2 Å². The number of nitrogens with two attached hydrogens (primary N) is 1. The molecule has 1 aliphatic heterocycles. The predicted molar refractivity (Wildman–Crippen MR) is 142 cm³/mol. The van der Waals surface area contributed by atoms with Gasteiger partial charge in [0.1, 0.15) is 5.57 Å². The van der Waals surface area contributed by atoms with Crippen molar-refractivity contribution in [3.05, 3.63) is 117 Å². The molecule has 1 atom stereocenters. The van der Waals surface area contributed by atoms with E-state index in [4.69, 9.17) is 15.2 Å². The monoisotopic (exact) mass is 510 g/mol. The molecule has 192 valence electrons. The van der Waals surface area contributed by atoms with Gasteiger partial charge in [0.15, 0.2) is 11.5 Å². The zero-order valence-corrected chi connectivity index (χ0v) is 21.2. The van der Waals surface area contributed by atoms with Gasteiger partial charge >= 0.3 is 5.97 Å². The minimum atomic E-state index is -1.29. The fourth-order valence-corrected chi connectivity index (χ4v) is 5.04. The number of aryl methyl sites for hydroxylation is 1. The maximum Gasteiger partial charge on any atom is 0.340 e. The average Bonchev–Trinajstić information content (AvgIpc) is 2.87. The number of esters is 1. The maximum absolute atomic E-state index is 14.0. The van der Waals surface area contributed by atoms with Crippen LogP contribution in [0.5, 0.6) is 0 Å². The highest BCUT2D eigenvalue weighted by molar-refractivity contribution is 6.27. The Labute approximate surface area is 218 Å². The SMILES string of the molecule is C=CCn1c(=O)c(C2C(C(=O)OC(C)C)=C(N)OC3=C2C(=O)c2ccccc2C3=O)cc2cc(C)ccc21. The molecule has 8 heteroatoms. The predicted octanol–water partition coefficient (Wildman–Crippen LogP) is 4.06. The summed E-state index contributed by atoms with van der Waals surface area (Å²) in [4.78, 5) is 54.7. The standard InChI is InChI=1S/C30H26N2O6/c1-5-12-32-21-11-10-16(4)13-17(21)14-20(29(32)35)22-23-25(33)18-8-6-7-9-19(18)26(34)27(23)38-28(31)24(22)30(36)37-15(2)3/h5-11,13-15,22H,1,12,31H2,2-4H3. The Morgan fingerprint density at radius 1 is 1.11 bits per heavy atom. The Morgan fingerprint density at radius 3 is 2.45 bits per heavy atom. The zero-order valence-electron chi connectivity index (χ0n) is 21.2. The Bertz CT molecular complexity index is 1690. The largest absolute Gasteiger partial charge is 0.459 e. The van der Waals surface area contributed by atoms with Gasteiger partial charge in [-0.15, -0.1) is 6.58 Å². The van der Waals surface area contributed by atoms with Gasteiger partial charge in [-0.1, -0.05) is 42.0 Å². The van der Waals surface area contributed by atoms with E-state index in [9.17, 15) is 19.2 Å². The van der Waals surface area contributed by atoms with Crippen molar-refractivity contribution < 1.29 is 23.9 Å². The molecular weight excluding hydrogens is 484 g/mol. The Balaban J connectivity index is 1.86. The smallest absolute Gasteiger partial charge is 0.340 e. The highest BCUT2D eigenvalue weighted by atomic mass is 16.5. The van der Waals surface area contributed by atoms with Crippen LogP contribution < -0.4 is 11.3 Å². The molecule has 0 bridgehead atoms. The number of benzene rings is 2. The van der Waals surface area contributed by atoms with E-state index >= 15 is 0 Å². The van der Waals surface area contributed by atoms with Gasteiger partial charge in [0.05, 0.1) is 23.1 Å². The van der Waals surface area contributed by atoms with Crippen molar-refractivity contribution in [2.45, 2.75) is 39.3 Å². The molecule has 2 aliphatic rings. The summed E-state index contributed by atoms with van der Waals surface area (Å²) in [5.74, 6) is -3.89. The zero-order chi connectivity index (χ0) is 27.3. The second-order valence-electron chi connectivity index (χ2n) is 9.58. The molecule has 3 aromatic rings. The molecule has 0 radical (unpaired) electrons. The molecule has 0 spiro atoms. The van der Waals surface area contributed by atoms with Crippen LogP contribution in [0.25, 0.3) is 10.9 Å². The third kappa shape index (κ3) is 3.85. The number of allylic oxidation sites excluding steroid dienone is 3. The molecule has 1 aromatic heterocycles. The third-order valence-electron chi connectivity index (χ3n) is 6.63. The van der Waals surface area contributed by atoms with E-state index < -0.39 is 35.1 Å². The lowest BCUT2D eigenvalue weighted by Crippen LogP contribution is -2.38. The quantitative estimate of drug-likeness (QED) is 0.406. The van der Waals surface area contributed by atoms with Crippen LogP contribution in [0.1, 0.15) is 51.6 Å². The van der Waals surface area contributed by atoms with E-state index in [1.807, 2.05) is 25.1 Å². The Hall–Kier alpha value is -4.72. The van der Waals surface area contributed by atoms with Crippen molar-refractivity contribution in [3.63, 3.8) is 0 Å². The third-order valence-corrected chi connectivity index (χ3v) is 6.63. The minimum Gasteiger partial charge on any atom is -0.459 e. The fourth-order valence-electron chi connectivity index (χ4n) is 5.04. The molecule has 0 fully saturated rings. The first kappa shape index (κ1) is 25.0. The summed E-state index contributed by atoms with van der Waals surface area (Å²) in [7, 11) is 0. The number of Topliss-reactive ketones (excluding diaryl/α,β-unsaturated/α-hetero) is 2. The van der Waals surface area contributed by atoms with Gasteiger partial charge in [-0.05, 0) is 44.4 Å². The molecule has 1 aliphatic carbocycles. The van der Waals surface area contributed by atoms with Crippen LogP contribution >= 0.6 is 0 Å². The number of fused-ring (bicyclic) bond motifs is 2. The molecule has 2 N–H and O–H groups in total. The summed E-state index contributed by atoms with van der Waals surface area (Å²) in [6.07, 6.45) is 1.07. The Morgan fingerprint density at radius 2 is 1.79 bits per heavy atom. The topological polar surface area (TPSA) is 118 Å². The summed E-state index contributed by atoms with van der Waals surface area (Å²) < 4.78 is 12.6. The second-order valence-corrected chi connectivity index (χ2v) is 9.58. The maximum atomic E-state index is 14.0.